The average Bonchev–Trinajstić information content (AvgIpc) is 2.79. The summed E-state index contributed by atoms with van der Waals surface area (Å²) in [6, 6.07) is 3.96. The van der Waals surface area contributed by atoms with E-state index in [1.165, 1.54) is 0 Å². The van der Waals surface area contributed by atoms with Crippen LogP contribution in [0.15, 0.2) is 45.9 Å². The van der Waals surface area contributed by atoms with Gasteiger partial charge in [0.1, 0.15) is 0 Å². The molecule has 0 fully saturated rings. The highest BCUT2D eigenvalue weighted by molar-refractivity contribution is 9.10. The van der Waals surface area contributed by atoms with Gasteiger partial charge in [0, 0.05) is 22.4 Å². The third kappa shape index (κ3) is 2.69. The summed E-state index contributed by atoms with van der Waals surface area (Å²) in [5, 5.41) is 0. The van der Waals surface area contributed by atoms with Crippen LogP contribution in [0.25, 0.3) is 0 Å². The summed E-state index contributed by atoms with van der Waals surface area (Å²) in [4.78, 5) is 4.11. The number of halogens is 1. The Morgan fingerprint density at radius 3 is 3.00 bits per heavy atom. The van der Waals surface area contributed by atoms with Crippen molar-refractivity contribution in [1.29, 1.82) is 0 Å². The average molecular weight is 282 g/mol. The molecule has 4 nitrogen and oxygen atoms in total. The van der Waals surface area contributed by atoms with E-state index in [2.05, 4.69) is 26.3 Å². The van der Waals surface area contributed by atoms with Gasteiger partial charge in [-0.15, -0.1) is 0 Å². The van der Waals surface area contributed by atoms with E-state index in [1.54, 1.807) is 18.7 Å². The zero-order valence-corrected chi connectivity index (χ0v) is 10.1. The van der Waals surface area contributed by atoms with Crippen molar-refractivity contribution >= 4 is 15.9 Å². The minimum atomic E-state index is 0.0369. The normalized spacial score (nSPS) is 12.6. The van der Waals surface area contributed by atoms with Crippen LogP contribution < -0.4 is 11.3 Å². The number of nitrogens with two attached hydrogens (primary N) is 1. The number of aromatic nitrogens is 1. The topological polar surface area (TPSA) is 64.1 Å². The van der Waals surface area contributed by atoms with Gasteiger partial charge in [-0.2, -0.15) is 0 Å². The summed E-state index contributed by atoms with van der Waals surface area (Å²) >= 11 is 3.39. The Labute approximate surface area is 102 Å². The number of hydrazine groups is 1. The van der Waals surface area contributed by atoms with Gasteiger partial charge in [0.25, 0.3) is 0 Å². The molecular weight excluding hydrogens is 270 g/mol. The van der Waals surface area contributed by atoms with Crippen molar-refractivity contribution in [2.75, 3.05) is 0 Å². The summed E-state index contributed by atoms with van der Waals surface area (Å²) < 4.78 is 6.00. The number of pyridine rings is 1. The first-order chi connectivity index (χ1) is 7.79. The number of furan rings is 1. The lowest BCUT2D eigenvalue weighted by molar-refractivity contribution is 0.525. The van der Waals surface area contributed by atoms with Gasteiger partial charge in [-0.1, -0.05) is 0 Å². The van der Waals surface area contributed by atoms with Gasteiger partial charge in [0.05, 0.1) is 18.6 Å². The van der Waals surface area contributed by atoms with Crippen LogP contribution in [0.3, 0.4) is 0 Å². The number of nitrogens with zero attached hydrogens (tertiary/aromatic N) is 1. The Balaban J connectivity index is 2.13. The fraction of sp³-hybridized carbons (Fsp3) is 0.182. The van der Waals surface area contributed by atoms with Gasteiger partial charge < -0.3 is 4.42 Å². The van der Waals surface area contributed by atoms with Crippen LogP contribution in [0.2, 0.25) is 0 Å². The van der Waals surface area contributed by atoms with Gasteiger partial charge in [-0.25, -0.2) is 0 Å². The summed E-state index contributed by atoms with van der Waals surface area (Å²) in [7, 11) is 0. The molecule has 2 aromatic heterocycles. The molecule has 1 atom stereocenters. The molecule has 0 bridgehead atoms. The molecule has 0 aliphatic carbocycles. The van der Waals surface area contributed by atoms with E-state index in [-0.39, 0.29) is 6.04 Å². The van der Waals surface area contributed by atoms with E-state index in [9.17, 15) is 0 Å². The molecule has 3 N–H and O–H groups in total. The van der Waals surface area contributed by atoms with Crippen molar-refractivity contribution in [3.63, 3.8) is 0 Å². The third-order valence-electron chi connectivity index (χ3n) is 2.35. The second kappa shape index (κ2) is 5.25. The molecule has 1 unspecified atom stereocenters. The maximum atomic E-state index is 5.53. The first kappa shape index (κ1) is 11.3. The molecule has 0 amide bonds. The van der Waals surface area contributed by atoms with Crippen molar-refractivity contribution in [3.05, 3.63) is 52.7 Å². The predicted molar refractivity (Wildman–Crippen MR) is 64.4 cm³/mol. The predicted octanol–water partition coefficient (Wildman–Crippen LogP) is 2.18. The minimum Gasteiger partial charge on any atom is -0.472 e. The molecule has 2 aromatic rings. The van der Waals surface area contributed by atoms with Gasteiger partial charge in [0.2, 0.25) is 0 Å². The second-order valence-corrected chi connectivity index (χ2v) is 4.41. The molecule has 0 aliphatic heterocycles. The minimum absolute atomic E-state index is 0.0369. The lowest BCUT2D eigenvalue weighted by Crippen LogP contribution is -2.29. The van der Waals surface area contributed by atoms with E-state index in [1.807, 2.05) is 18.3 Å². The van der Waals surface area contributed by atoms with Gasteiger partial charge >= 0.3 is 0 Å². The van der Waals surface area contributed by atoms with E-state index in [0.29, 0.717) is 0 Å². The van der Waals surface area contributed by atoms with E-state index in [4.69, 9.17) is 10.3 Å². The summed E-state index contributed by atoms with van der Waals surface area (Å²) in [6.45, 7) is 0. The molecule has 2 rings (SSSR count). The lowest BCUT2D eigenvalue weighted by Gasteiger charge is -2.13. The Hall–Kier alpha value is -1.17. The number of hydrogen-bond donors (Lipinski definition) is 2. The fourth-order valence-electron chi connectivity index (χ4n) is 1.55. The van der Waals surface area contributed by atoms with Crippen LogP contribution in [0.5, 0.6) is 0 Å². The number of rotatable bonds is 4. The quantitative estimate of drug-likeness (QED) is 0.666. The molecular formula is C11H12BrN3O. The Morgan fingerprint density at radius 2 is 2.38 bits per heavy atom. The third-order valence-corrected chi connectivity index (χ3v) is 2.78. The number of hydrogen-bond acceptors (Lipinski definition) is 4. The van der Waals surface area contributed by atoms with Crippen LogP contribution in [-0.2, 0) is 6.42 Å². The van der Waals surface area contributed by atoms with Crippen molar-refractivity contribution in [3.8, 4) is 0 Å². The van der Waals surface area contributed by atoms with Gasteiger partial charge in [-0.3, -0.25) is 16.3 Å². The van der Waals surface area contributed by atoms with Crippen LogP contribution in [0.1, 0.15) is 17.2 Å². The highest BCUT2D eigenvalue weighted by Crippen LogP contribution is 2.19. The van der Waals surface area contributed by atoms with Crippen molar-refractivity contribution in [1.82, 2.24) is 10.4 Å². The van der Waals surface area contributed by atoms with Crippen LogP contribution in [0.4, 0.5) is 0 Å². The van der Waals surface area contributed by atoms with Gasteiger partial charge in [0.15, 0.2) is 0 Å². The van der Waals surface area contributed by atoms with Crippen molar-refractivity contribution < 1.29 is 4.42 Å². The molecule has 84 valence electrons. The van der Waals surface area contributed by atoms with E-state index in [0.717, 1.165) is 22.0 Å². The molecule has 0 aliphatic rings. The summed E-state index contributed by atoms with van der Waals surface area (Å²) in [5.74, 6) is 5.53. The van der Waals surface area contributed by atoms with Crippen LogP contribution >= 0.6 is 15.9 Å². The largest absolute Gasteiger partial charge is 0.472 e. The molecule has 0 spiro atoms. The van der Waals surface area contributed by atoms with Crippen molar-refractivity contribution in [2.24, 2.45) is 5.84 Å². The van der Waals surface area contributed by atoms with E-state index >= 15 is 0 Å². The first-order valence-corrected chi connectivity index (χ1v) is 5.66. The molecule has 0 aromatic carbocycles. The maximum Gasteiger partial charge on any atom is 0.0950 e. The van der Waals surface area contributed by atoms with Crippen LogP contribution in [0, 0.1) is 0 Å². The van der Waals surface area contributed by atoms with Crippen molar-refractivity contribution in [2.45, 2.75) is 12.5 Å². The lowest BCUT2D eigenvalue weighted by atomic mass is 10.0. The molecule has 5 heteroatoms. The van der Waals surface area contributed by atoms with Crippen LogP contribution in [-0.4, -0.2) is 4.98 Å². The first-order valence-electron chi connectivity index (χ1n) is 4.87. The smallest absolute Gasteiger partial charge is 0.0950 e. The highest BCUT2D eigenvalue weighted by atomic mass is 79.9. The summed E-state index contributed by atoms with van der Waals surface area (Å²) in [6.07, 6.45) is 7.68. The highest BCUT2D eigenvalue weighted by Gasteiger charge is 2.11. The zero-order chi connectivity index (χ0) is 11.4. The number of nitrogens with one attached hydrogen (secondary N) is 1. The van der Waals surface area contributed by atoms with E-state index < -0.39 is 0 Å². The maximum absolute atomic E-state index is 5.53. The Bertz CT molecular complexity index is 444. The summed E-state index contributed by atoms with van der Waals surface area (Å²) in [5.41, 5.74) is 4.91. The zero-order valence-electron chi connectivity index (χ0n) is 8.56. The second-order valence-electron chi connectivity index (χ2n) is 3.49. The monoisotopic (exact) mass is 281 g/mol. The molecule has 0 radical (unpaired) electrons. The Kier molecular flexibility index (Phi) is 3.71. The molecule has 16 heavy (non-hydrogen) atoms. The van der Waals surface area contributed by atoms with Gasteiger partial charge in [-0.05, 0) is 40.0 Å². The fourth-order valence-corrected chi connectivity index (χ4v) is 1.96. The Morgan fingerprint density at radius 1 is 1.50 bits per heavy atom. The molecule has 0 saturated carbocycles. The molecule has 0 saturated heterocycles. The SMILES string of the molecule is NNC(Cc1cncc(Br)c1)c1ccoc1. The molecule has 2 heterocycles. The standard InChI is InChI=1S/C11H12BrN3O/c12-10-3-8(5-14-6-10)4-11(15-13)9-1-2-16-7-9/h1-3,5-7,11,15H,4,13H2.